The Balaban J connectivity index is 0.00000306. The average molecular weight is 502 g/mol. The number of aryl methyl sites for hydroxylation is 1. The molecule has 0 aliphatic carbocycles. The van der Waals surface area contributed by atoms with Crippen molar-refractivity contribution >= 4 is 47.4 Å². The Morgan fingerprint density at radius 2 is 1.79 bits per heavy atom. The number of rotatable bonds is 7. The quantitative estimate of drug-likeness (QED) is 0.292. The fourth-order valence-corrected chi connectivity index (χ4v) is 3.50. The summed E-state index contributed by atoms with van der Waals surface area (Å²) in [7, 11) is 0. The van der Waals surface area contributed by atoms with Crippen molar-refractivity contribution in [3.8, 4) is 28.7 Å². The summed E-state index contributed by atoms with van der Waals surface area (Å²) in [5.74, 6) is 1.79. The standard InChI is InChI=1S/C22H18Cl2N8.ClH/c1-13-10-29-21(31-13)17-12-30-22(32-20(17)16-4-3-15(23)8-18(16)24)27-7-6-26-19-5-2-14(9-25)11-28-19;/h2-5,8,10-12H,6-7H2,1H3,(H,26,28)(H,29,31)(H,27,30,32);1H. The summed E-state index contributed by atoms with van der Waals surface area (Å²) in [5.41, 5.74) is 3.54. The Bertz CT molecular complexity index is 1280. The summed E-state index contributed by atoms with van der Waals surface area (Å²) < 4.78 is 0. The lowest BCUT2D eigenvalue weighted by Crippen LogP contribution is -2.16. The highest BCUT2D eigenvalue weighted by Crippen LogP contribution is 2.35. The van der Waals surface area contributed by atoms with Crippen molar-refractivity contribution in [1.82, 2.24) is 24.9 Å². The zero-order chi connectivity index (χ0) is 22.5. The fraction of sp³-hybridized carbons (Fsp3) is 0.136. The van der Waals surface area contributed by atoms with E-state index in [1.54, 1.807) is 36.7 Å². The molecular weight excluding hydrogens is 483 g/mol. The number of pyridine rings is 1. The summed E-state index contributed by atoms with van der Waals surface area (Å²) in [4.78, 5) is 20.9. The Morgan fingerprint density at radius 1 is 0.970 bits per heavy atom. The smallest absolute Gasteiger partial charge is 0.223 e. The third-order valence-corrected chi connectivity index (χ3v) is 5.09. The molecule has 3 heterocycles. The van der Waals surface area contributed by atoms with Crippen LogP contribution in [0.2, 0.25) is 10.0 Å². The predicted octanol–water partition coefficient (Wildman–Crippen LogP) is 5.36. The molecular formula is C22H19Cl3N8. The summed E-state index contributed by atoms with van der Waals surface area (Å²) in [6.45, 7) is 3.06. The molecule has 8 nitrogen and oxygen atoms in total. The van der Waals surface area contributed by atoms with E-state index < -0.39 is 0 Å². The Morgan fingerprint density at radius 3 is 2.45 bits per heavy atom. The zero-order valence-electron chi connectivity index (χ0n) is 17.4. The van der Waals surface area contributed by atoms with E-state index in [1.807, 2.05) is 19.1 Å². The molecule has 0 saturated carbocycles. The van der Waals surface area contributed by atoms with Crippen LogP contribution < -0.4 is 10.6 Å². The van der Waals surface area contributed by atoms with E-state index in [0.717, 1.165) is 16.8 Å². The van der Waals surface area contributed by atoms with E-state index in [0.29, 0.717) is 52.0 Å². The van der Waals surface area contributed by atoms with Crippen LogP contribution in [-0.2, 0) is 0 Å². The predicted molar refractivity (Wildman–Crippen MR) is 133 cm³/mol. The van der Waals surface area contributed by atoms with Crippen LogP contribution >= 0.6 is 35.6 Å². The van der Waals surface area contributed by atoms with Crippen molar-refractivity contribution in [2.75, 3.05) is 23.7 Å². The van der Waals surface area contributed by atoms with Gasteiger partial charge in [0.05, 0.1) is 21.8 Å². The molecule has 0 spiro atoms. The number of nitriles is 1. The largest absolute Gasteiger partial charge is 0.368 e. The molecule has 0 bridgehead atoms. The lowest BCUT2D eigenvalue weighted by Gasteiger charge is -2.12. The van der Waals surface area contributed by atoms with E-state index in [9.17, 15) is 0 Å². The first kappa shape index (κ1) is 24.3. The van der Waals surface area contributed by atoms with Crippen LogP contribution in [0.15, 0.2) is 48.9 Å². The second-order valence-corrected chi connectivity index (χ2v) is 7.74. The number of nitrogens with zero attached hydrogens (tertiary/aromatic N) is 5. The summed E-state index contributed by atoms with van der Waals surface area (Å²) in [5, 5.41) is 16.3. The maximum Gasteiger partial charge on any atom is 0.223 e. The van der Waals surface area contributed by atoms with Gasteiger partial charge in [0.1, 0.15) is 17.7 Å². The number of H-pyrrole nitrogens is 1. The molecule has 0 aliphatic heterocycles. The van der Waals surface area contributed by atoms with Gasteiger partial charge in [-0.1, -0.05) is 23.2 Å². The maximum absolute atomic E-state index is 8.84. The number of hydrogen-bond acceptors (Lipinski definition) is 7. The molecule has 33 heavy (non-hydrogen) atoms. The van der Waals surface area contributed by atoms with Gasteiger partial charge in [-0.25, -0.2) is 19.9 Å². The highest BCUT2D eigenvalue weighted by Gasteiger charge is 2.16. The van der Waals surface area contributed by atoms with Crippen LogP contribution in [0.1, 0.15) is 11.3 Å². The van der Waals surface area contributed by atoms with Gasteiger partial charge in [-0.05, 0) is 37.3 Å². The van der Waals surface area contributed by atoms with Gasteiger partial charge in [-0.2, -0.15) is 5.26 Å². The number of anilines is 2. The topological polar surface area (TPSA) is 115 Å². The molecule has 1 aromatic carbocycles. The van der Waals surface area contributed by atoms with Gasteiger partial charge in [-0.15, -0.1) is 12.4 Å². The van der Waals surface area contributed by atoms with E-state index >= 15 is 0 Å². The van der Waals surface area contributed by atoms with Crippen LogP contribution in [0.25, 0.3) is 22.6 Å². The number of aromatic nitrogens is 5. The van der Waals surface area contributed by atoms with E-state index in [4.69, 9.17) is 33.4 Å². The highest BCUT2D eigenvalue weighted by molar-refractivity contribution is 6.36. The number of hydrogen-bond donors (Lipinski definition) is 3. The minimum absolute atomic E-state index is 0. The monoisotopic (exact) mass is 500 g/mol. The van der Waals surface area contributed by atoms with Crippen molar-refractivity contribution in [1.29, 1.82) is 5.26 Å². The molecule has 0 amide bonds. The third-order valence-electron chi connectivity index (χ3n) is 4.54. The molecule has 0 fully saturated rings. The molecule has 4 rings (SSSR count). The lowest BCUT2D eigenvalue weighted by atomic mass is 10.1. The SMILES string of the molecule is Cc1cnc(-c2cnc(NCCNc3ccc(C#N)cn3)nc2-c2ccc(Cl)cc2Cl)[nH]1.Cl. The van der Waals surface area contributed by atoms with E-state index in [1.165, 1.54) is 6.20 Å². The molecule has 0 unspecified atom stereocenters. The van der Waals surface area contributed by atoms with Crippen molar-refractivity contribution in [2.24, 2.45) is 0 Å². The highest BCUT2D eigenvalue weighted by atomic mass is 35.5. The molecule has 11 heteroatoms. The summed E-state index contributed by atoms with van der Waals surface area (Å²) in [6.07, 6.45) is 4.98. The third kappa shape index (κ3) is 5.90. The Labute approximate surface area is 206 Å². The number of aromatic amines is 1. The van der Waals surface area contributed by atoms with Crippen LogP contribution in [0.3, 0.4) is 0 Å². The number of halogens is 3. The van der Waals surface area contributed by atoms with Crippen LogP contribution in [0, 0.1) is 18.3 Å². The molecule has 0 aliphatic rings. The maximum atomic E-state index is 8.84. The first-order valence-electron chi connectivity index (χ1n) is 9.72. The van der Waals surface area contributed by atoms with Crippen molar-refractivity contribution in [3.63, 3.8) is 0 Å². The molecule has 4 aromatic rings. The van der Waals surface area contributed by atoms with Gasteiger partial charge in [0, 0.05) is 48.0 Å². The van der Waals surface area contributed by atoms with Crippen molar-refractivity contribution in [2.45, 2.75) is 6.92 Å². The van der Waals surface area contributed by atoms with Crippen LogP contribution in [-0.4, -0.2) is 38.0 Å². The second-order valence-electron chi connectivity index (χ2n) is 6.89. The van der Waals surface area contributed by atoms with Gasteiger partial charge in [0.15, 0.2) is 0 Å². The summed E-state index contributed by atoms with van der Waals surface area (Å²) >= 11 is 12.5. The number of imidazole rings is 1. The van der Waals surface area contributed by atoms with Gasteiger partial charge < -0.3 is 15.6 Å². The van der Waals surface area contributed by atoms with Crippen LogP contribution in [0.4, 0.5) is 11.8 Å². The number of nitrogens with one attached hydrogen (secondary N) is 3. The molecule has 0 atom stereocenters. The zero-order valence-corrected chi connectivity index (χ0v) is 19.8. The normalized spacial score (nSPS) is 10.2. The molecule has 168 valence electrons. The van der Waals surface area contributed by atoms with E-state index in [-0.39, 0.29) is 12.4 Å². The molecule has 0 saturated heterocycles. The van der Waals surface area contributed by atoms with Crippen molar-refractivity contribution < 1.29 is 0 Å². The Kier molecular flexibility index (Phi) is 8.06. The van der Waals surface area contributed by atoms with Gasteiger partial charge in [0.2, 0.25) is 5.95 Å². The van der Waals surface area contributed by atoms with Gasteiger partial charge in [0.25, 0.3) is 0 Å². The minimum Gasteiger partial charge on any atom is -0.368 e. The lowest BCUT2D eigenvalue weighted by molar-refractivity contribution is 1.02. The van der Waals surface area contributed by atoms with Crippen LogP contribution in [0.5, 0.6) is 0 Å². The van der Waals surface area contributed by atoms with Crippen molar-refractivity contribution in [3.05, 3.63) is 70.2 Å². The first-order chi connectivity index (χ1) is 15.5. The summed E-state index contributed by atoms with van der Waals surface area (Å²) in [6, 6.07) is 10.8. The van der Waals surface area contributed by atoms with Gasteiger partial charge in [-0.3, -0.25) is 0 Å². The van der Waals surface area contributed by atoms with Gasteiger partial charge >= 0.3 is 0 Å². The minimum atomic E-state index is 0. The molecule has 3 N–H and O–H groups in total. The second kappa shape index (κ2) is 11.0. The molecule has 3 aromatic heterocycles. The first-order valence-corrected chi connectivity index (χ1v) is 10.5. The molecule has 0 radical (unpaired) electrons. The number of benzene rings is 1. The Hall–Kier alpha value is -3.38. The average Bonchev–Trinajstić information content (AvgIpc) is 3.23. The van der Waals surface area contributed by atoms with E-state index in [2.05, 4.69) is 30.6 Å². The fourth-order valence-electron chi connectivity index (χ4n) is 3.01.